The van der Waals surface area contributed by atoms with E-state index in [2.05, 4.69) is 15.5 Å². The molecule has 3 heterocycles. The highest BCUT2D eigenvalue weighted by atomic mass is 19.4. The molecule has 3 rings (SSSR count). The SMILES string of the molecule is FC(F)(F)C1(c2nnc3n2CCCC3)CCNC1. The van der Waals surface area contributed by atoms with Gasteiger partial charge in [-0.1, -0.05) is 0 Å². The van der Waals surface area contributed by atoms with Gasteiger partial charge in [-0.05, 0) is 25.8 Å². The summed E-state index contributed by atoms with van der Waals surface area (Å²) in [5.74, 6) is 0.807. The summed E-state index contributed by atoms with van der Waals surface area (Å²) >= 11 is 0. The third kappa shape index (κ3) is 1.56. The third-order valence-corrected chi connectivity index (χ3v) is 3.99. The Labute approximate surface area is 103 Å². The molecule has 1 unspecified atom stereocenters. The summed E-state index contributed by atoms with van der Waals surface area (Å²) in [4.78, 5) is 0. The largest absolute Gasteiger partial charge is 0.402 e. The van der Waals surface area contributed by atoms with Crippen LogP contribution in [0.25, 0.3) is 0 Å². The summed E-state index contributed by atoms with van der Waals surface area (Å²) in [6.07, 6.45) is -1.62. The number of hydrogen-bond donors (Lipinski definition) is 1. The number of rotatable bonds is 1. The lowest BCUT2D eigenvalue weighted by Gasteiger charge is -2.31. The Bertz CT molecular complexity index is 446. The van der Waals surface area contributed by atoms with E-state index < -0.39 is 11.6 Å². The minimum absolute atomic E-state index is 0.0502. The van der Waals surface area contributed by atoms with Crippen LogP contribution >= 0.6 is 0 Å². The molecule has 18 heavy (non-hydrogen) atoms. The number of halogens is 3. The van der Waals surface area contributed by atoms with E-state index in [1.807, 2.05) is 0 Å². The van der Waals surface area contributed by atoms with Crippen LogP contribution in [0.3, 0.4) is 0 Å². The van der Waals surface area contributed by atoms with Crippen molar-refractivity contribution in [1.82, 2.24) is 20.1 Å². The highest BCUT2D eigenvalue weighted by Gasteiger charge is 2.60. The van der Waals surface area contributed by atoms with Crippen LogP contribution < -0.4 is 5.32 Å². The Balaban J connectivity index is 2.09. The van der Waals surface area contributed by atoms with Gasteiger partial charge in [-0.3, -0.25) is 0 Å². The molecule has 100 valence electrons. The molecule has 7 heteroatoms. The summed E-state index contributed by atoms with van der Waals surface area (Å²) in [6, 6.07) is 0. The van der Waals surface area contributed by atoms with Crippen LogP contribution in [0.2, 0.25) is 0 Å². The second kappa shape index (κ2) is 3.94. The molecule has 1 saturated heterocycles. The number of nitrogens with one attached hydrogen (secondary N) is 1. The Morgan fingerprint density at radius 3 is 2.72 bits per heavy atom. The molecule has 1 N–H and O–H groups in total. The van der Waals surface area contributed by atoms with Crippen LogP contribution in [0.15, 0.2) is 0 Å². The van der Waals surface area contributed by atoms with Crippen molar-refractivity contribution >= 4 is 0 Å². The first-order valence-corrected chi connectivity index (χ1v) is 6.25. The maximum Gasteiger partial charge on any atom is 0.402 e. The fraction of sp³-hybridized carbons (Fsp3) is 0.818. The van der Waals surface area contributed by atoms with E-state index in [0.29, 0.717) is 18.9 Å². The minimum atomic E-state index is -4.28. The normalized spacial score (nSPS) is 28.4. The fourth-order valence-corrected chi connectivity index (χ4v) is 2.91. The van der Waals surface area contributed by atoms with Crippen molar-refractivity contribution in [3.05, 3.63) is 11.6 Å². The Morgan fingerprint density at radius 2 is 2.06 bits per heavy atom. The lowest BCUT2D eigenvalue weighted by atomic mass is 9.85. The molecular weight excluding hydrogens is 245 g/mol. The maximum atomic E-state index is 13.4. The van der Waals surface area contributed by atoms with E-state index in [1.54, 1.807) is 4.57 Å². The first-order valence-electron chi connectivity index (χ1n) is 6.25. The summed E-state index contributed by atoms with van der Waals surface area (Å²) in [7, 11) is 0. The van der Waals surface area contributed by atoms with Crippen molar-refractivity contribution in [1.29, 1.82) is 0 Å². The van der Waals surface area contributed by atoms with Gasteiger partial charge in [0.05, 0.1) is 0 Å². The van der Waals surface area contributed by atoms with Crippen molar-refractivity contribution < 1.29 is 13.2 Å². The zero-order valence-electron chi connectivity index (χ0n) is 9.93. The summed E-state index contributed by atoms with van der Waals surface area (Å²) in [5, 5.41) is 10.6. The molecule has 0 spiro atoms. The Hall–Kier alpha value is -1.11. The van der Waals surface area contributed by atoms with Gasteiger partial charge in [0.2, 0.25) is 0 Å². The summed E-state index contributed by atoms with van der Waals surface area (Å²) in [5.41, 5.74) is -1.85. The molecule has 0 amide bonds. The maximum absolute atomic E-state index is 13.4. The zero-order valence-corrected chi connectivity index (χ0v) is 9.93. The predicted molar refractivity (Wildman–Crippen MR) is 58.2 cm³/mol. The fourth-order valence-electron chi connectivity index (χ4n) is 2.91. The van der Waals surface area contributed by atoms with Gasteiger partial charge in [0.1, 0.15) is 17.1 Å². The molecule has 4 nitrogen and oxygen atoms in total. The zero-order chi connectivity index (χ0) is 12.8. The molecule has 0 aliphatic carbocycles. The van der Waals surface area contributed by atoms with Crippen LogP contribution in [-0.4, -0.2) is 34.0 Å². The second-order valence-electron chi connectivity index (χ2n) is 5.06. The number of alkyl halides is 3. The smallest absolute Gasteiger partial charge is 0.315 e. The van der Waals surface area contributed by atoms with Gasteiger partial charge in [0, 0.05) is 19.5 Å². The first-order chi connectivity index (χ1) is 8.55. The van der Waals surface area contributed by atoms with E-state index in [-0.39, 0.29) is 18.8 Å². The Kier molecular flexibility index (Phi) is 2.62. The molecule has 1 atom stereocenters. The van der Waals surface area contributed by atoms with Gasteiger partial charge in [0.15, 0.2) is 0 Å². The van der Waals surface area contributed by atoms with Crippen molar-refractivity contribution in [3.63, 3.8) is 0 Å². The standard InChI is InChI=1S/C11H15F3N4/c12-11(13,14)10(4-5-15-7-10)9-17-16-8-3-1-2-6-18(8)9/h15H,1-7H2. The molecule has 1 aromatic heterocycles. The number of fused-ring (bicyclic) bond motifs is 1. The molecule has 2 aliphatic heterocycles. The van der Waals surface area contributed by atoms with Crippen LogP contribution in [-0.2, 0) is 18.4 Å². The van der Waals surface area contributed by atoms with Crippen molar-refractivity contribution in [2.24, 2.45) is 0 Å². The van der Waals surface area contributed by atoms with E-state index >= 15 is 0 Å². The van der Waals surface area contributed by atoms with Gasteiger partial charge < -0.3 is 9.88 Å². The van der Waals surface area contributed by atoms with Crippen molar-refractivity contribution in [2.75, 3.05) is 13.1 Å². The quantitative estimate of drug-likeness (QED) is 0.830. The number of nitrogens with zero attached hydrogens (tertiary/aromatic N) is 3. The van der Waals surface area contributed by atoms with Crippen molar-refractivity contribution in [2.45, 2.75) is 43.8 Å². The van der Waals surface area contributed by atoms with Gasteiger partial charge >= 0.3 is 6.18 Å². The molecule has 1 aromatic rings. The van der Waals surface area contributed by atoms with E-state index in [0.717, 1.165) is 19.3 Å². The van der Waals surface area contributed by atoms with E-state index in [9.17, 15) is 13.2 Å². The molecule has 0 bridgehead atoms. The molecule has 1 fully saturated rings. The number of hydrogen-bond acceptors (Lipinski definition) is 3. The molecule has 0 saturated carbocycles. The van der Waals surface area contributed by atoms with Crippen LogP contribution in [0.5, 0.6) is 0 Å². The van der Waals surface area contributed by atoms with Crippen LogP contribution in [0.1, 0.15) is 30.9 Å². The van der Waals surface area contributed by atoms with E-state index in [1.165, 1.54) is 0 Å². The van der Waals surface area contributed by atoms with E-state index in [4.69, 9.17) is 0 Å². The lowest BCUT2D eigenvalue weighted by molar-refractivity contribution is -0.188. The van der Waals surface area contributed by atoms with Gasteiger partial charge in [-0.25, -0.2) is 0 Å². The molecule has 0 radical (unpaired) electrons. The lowest BCUT2D eigenvalue weighted by Crippen LogP contribution is -2.46. The van der Waals surface area contributed by atoms with Crippen LogP contribution in [0.4, 0.5) is 13.2 Å². The molecular formula is C11H15F3N4. The van der Waals surface area contributed by atoms with Gasteiger partial charge in [-0.15, -0.1) is 10.2 Å². The summed E-state index contributed by atoms with van der Waals surface area (Å²) < 4.78 is 42.0. The topological polar surface area (TPSA) is 42.7 Å². The molecule has 0 aromatic carbocycles. The monoisotopic (exact) mass is 260 g/mol. The average Bonchev–Trinajstić information content (AvgIpc) is 2.94. The van der Waals surface area contributed by atoms with Crippen molar-refractivity contribution in [3.8, 4) is 0 Å². The average molecular weight is 260 g/mol. The summed E-state index contributed by atoms with van der Waals surface area (Å²) in [6.45, 7) is 0.895. The highest BCUT2D eigenvalue weighted by Crippen LogP contribution is 2.45. The third-order valence-electron chi connectivity index (χ3n) is 3.99. The second-order valence-corrected chi connectivity index (χ2v) is 5.06. The minimum Gasteiger partial charge on any atom is -0.315 e. The van der Waals surface area contributed by atoms with Gasteiger partial charge in [0.25, 0.3) is 0 Å². The predicted octanol–water partition coefficient (Wildman–Crippen LogP) is 1.41. The highest BCUT2D eigenvalue weighted by molar-refractivity contribution is 5.19. The number of aryl methyl sites for hydroxylation is 1. The Morgan fingerprint density at radius 1 is 1.22 bits per heavy atom. The first kappa shape index (κ1) is 12.0. The molecule has 2 aliphatic rings. The van der Waals surface area contributed by atoms with Gasteiger partial charge in [-0.2, -0.15) is 13.2 Å². The number of aromatic nitrogens is 3. The van der Waals surface area contributed by atoms with Crippen LogP contribution in [0, 0.1) is 0 Å².